The minimum atomic E-state index is -2.78. The molecule has 0 radical (unpaired) electrons. The van der Waals surface area contributed by atoms with E-state index in [0.29, 0.717) is 6.42 Å². The highest BCUT2D eigenvalue weighted by Crippen LogP contribution is 1.97. The third kappa shape index (κ3) is 12.0. The van der Waals surface area contributed by atoms with Crippen LogP contribution in [-0.2, 0) is 9.84 Å². The van der Waals surface area contributed by atoms with Gasteiger partial charge in [0.05, 0.1) is 5.75 Å². The molecule has 0 saturated heterocycles. The van der Waals surface area contributed by atoms with Crippen molar-refractivity contribution in [2.75, 3.05) is 36.6 Å². The fourth-order valence-corrected chi connectivity index (χ4v) is 2.19. The van der Waals surface area contributed by atoms with E-state index in [2.05, 4.69) is 11.9 Å². The Bertz CT molecular complexity index is 237. The highest BCUT2D eigenvalue weighted by atomic mass is 32.2. The van der Waals surface area contributed by atoms with Gasteiger partial charge in [0, 0.05) is 24.3 Å². The zero-order valence-electron chi connectivity index (χ0n) is 8.66. The fourth-order valence-electron chi connectivity index (χ4n) is 0.895. The van der Waals surface area contributed by atoms with Crippen molar-refractivity contribution in [3.8, 4) is 0 Å². The number of nitrogens with one attached hydrogen (secondary N) is 1. The molecule has 0 rings (SSSR count). The molecule has 0 aromatic carbocycles. The maximum absolute atomic E-state index is 10.8. The summed E-state index contributed by atoms with van der Waals surface area (Å²) in [5, 5.41) is 3.20. The van der Waals surface area contributed by atoms with E-state index >= 15 is 0 Å². The molecule has 0 fully saturated rings. The molecule has 84 valence electrons. The van der Waals surface area contributed by atoms with Gasteiger partial charge in [0.15, 0.2) is 0 Å². The molecule has 0 unspecified atom stereocenters. The highest BCUT2D eigenvalue weighted by Gasteiger charge is 1.99. The van der Waals surface area contributed by atoms with Gasteiger partial charge in [0.2, 0.25) is 0 Å². The molecular weight excluding hydrogens is 218 g/mol. The zero-order valence-corrected chi connectivity index (χ0v) is 10.3. The minimum Gasteiger partial charge on any atom is -0.316 e. The SMILES string of the molecule is C=CCSCCNCCCS(C)(=O)=O. The van der Waals surface area contributed by atoms with E-state index in [1.54, 1.807) is 0 Å². The van der Waals surface area contributed by atoms with Crippen LogP contribution >= 0.6 is 11.8 Å². The smallest absolute Gasteiger partial charge is 0.147 e. The maximum Gasteiger partial charge on any atom is 0.147 e. The van der Waals surface area contributed by atoms with Crippen LogP contribution in [0.2, 0.25) is 0 Å². The molecular formula is C9H19NO2S2. The van der Waals surface area contributed by atoms with Crippen LogP contribution in [0.25, 0.3) is 0 Å². The molecule has 5 heteroatoms. The third-order valence-electron chi connectivity index (χ3n) is 1.53. The van der Waals surface area contributed by atoms with Crippen molar-refractivity contribution in [3.63, 3.8) is 0 Å². The van der Waals surface area contributed by atoms with Crippen molar-refractivity contribution in [3.05, 3.63) is 12.7 Å². The Balaban J connectivity index is 3.10. The first-order valence-electron chi connectivity index (χ1n) is 4.63. The average molecular weight is 237 g/mol. The standard InChI is InChI=1S/C9H19NO2S2/c1-3-7-13-8-6-10-5-4-9-14(2,11)12/h3,10H,1,4-9H2,2H3. The number of thioether (sulfide) groups is 1. The average Bonchev–Trinajstić information content (AvgIpc) is 2.08. The number of hydrogen-bond donors (Lipinski definition) is 1. The van der Waals surface area contributed by atoms with Crippen LogP contribution < -0.4 is 5.32 Å². The Hall–Kier alpha value is -0.0000000000000000555. The summed E-state index contributed by atoms with van der Waals surface area (Å²) in [6.07, 6.45) is 3.85. The van der Waals surface area contributed by atoms with Crippen molar-refractivity contribution in [2.45, 2.75) is 6.42 Å². The molecule has 0 aromatic rings. The zero-order chi connectivity index (χ0) is 10.9. The van der Waals surface area contributed by atoms with Crippen molar-refractivity contribution in [2.24, 2.45) is 0 Å². The van der Waals surface area contributed by atoms with E-state index in [0.717, 1.165) is 24.6 Å². The predicted molar refractivity (Wildman–Crippen MR) is 64.7 cm³/mol. The highest BCUT2D eigenvalue weighted by molar-refractivity contribution is 7.99. The van der Waals surface area contributed by atoms with Gasteiger partial charge < -0.3 is 5.32 Å². The van der Waals surface area contributed by atoms with E-state index < -0.39 is 9.84 Å². The van der Waals surface area contributed by atoms with Gasteiger partial charge >= 0.3 is 0 Å². The Morgan fingerprint density at radius 2 is 2.14 bits per heavy atom. The largest absolute Gasteiger partial charge is 0.316 e. The lowest BCUT2D eigenvalue weighted by Gasteiger charge is -2.02. The molecule has 14 heavy (non-hydrogen) atoms. The fraction of sp³-hybridized carbons (Fsp3) is 0.778. The van der Waals surface area contributed by atoms with Crippen LogP contribution in [0, 0.1) is 0 Å². The van der Waals surface area contributed by atoms with Crippen LogP contribution in [0.4, 0.5) is 0 Å². The van der Waals surface area contributed by atoms with Crippen molar-refractivity contribution >= 4 is 21.6 Å². The lowest BCUT2D eigenvalue weighted by Crippen LogP contribution is -2.20. The van der Waals surface area contributed by atoms with Gasteiger partial charge in [-0.15, -0.1) is 6.58 Å². The van der Waals surface area contributed by atoms with Crippen LogP contribution in [0.1, 0.15) is 6.42 Å². The minimum absolute atomic E-state index is 0.278. The molecule has 0 bridgehead atoms. The molecule has 3 nitrogen and oxygen atoms in total. The molecule has 0 aromatic heterocycles. The number of hydrogen-bond acceptors (Lipinski definition) is 4. The van der Waals surface area contributed by atoms with Gasteiger partial charge in [-0.25, -0.2) is 8.42 Å². The quantitative estimate of drug-likeness (QED) is 0.479. The Morgan fingerprint density at radius 3 is 2.71 bits per heavy atom. The maximum atomic E-state index is 10.8. The summed E-state index contributed by atoms with van der Waals surface area (Å²) >= 11 is 1.82. The normalized spacial score (nSPS) is 11.5. The van der Waals surface area contributed by atoms with Crippen LogP contribution in [0.5, 0.6) is 0 Å². The van der Waals surface area contributed by atoms with Crippen LogP contribution in [0.15, 0.2) is 12.7 Å². The summed E-state index contributed by atoms with van der Waals surface area (Å²) in [5.41, 5.74) is 0. The first-order valence-corrected chi connectivity index (χ1v) is 7.85. The molecule has 1 N–H and O–H groups in total. The van der Waals surface area contributed by atoms with Crippen molar-refractivity contribution in [1.29, 1.82) is 0 Å². The van der Waals surface area contributed by atoms with E-state index in [1.807, 2.05) is 17.8 Å². The van der Waals surface area contributed by atoms with Gasteiger partial charge in [-0.1, -0.05) is 6.08 Å². The van der Waals surface area contributed by atoms with E-state index in [1.165, 1.54) is 6.26 Å². The van der Waals surface area contributed by atoms with Gasteiger partial charge in [-0.05, 0) is 13.0 Å². The van der Waals surface area contributed by atoms with Gasteiger partial charge in [0.1, 0.15) is 9.84 Å². The number of sulfone groups is 1. The second-order valence-electron chi connectivity index (χ2n) is 3.10. The Kier molecular flexibility index (Phi) is 8.32. The van der Waals surface area contributed by atoms with E-state index in [4.69, 9.17) is 0 Å². The number of rotatable bonds is 9. The lowest BCUT2D eigenvalue weighted by atomic mass is 10.5. The lowest BCUT2D eigenvalue weighted by molar-refractivity contribution is 0.596. The second kappa shape index (κ2) is 8.32. The van der Waals surface area contributed by atoms with Crippen LogP contribution in [0.3, 0.4) is 0 Å². The second-order valence-corrected chi connectivity index (χ2v) is 6.51. The van der Waals surface area contributed by atoms with Gasteiger partial charge in [0.25, 0.3) is 0 Å². The first-order chi connectivity index (χ1) is 6.56. The molecule has 0 saturated carbocycles. The van der Waals surface area contributed by atoms with Gasteiger partial charge in [-0.2, -0.15) is 11.8 Å². The predicted octanol–water partition coefficient (Wildman–Crippen LogP) is 0.930. The molecule has 0 heterocycles. The summed E-state index contributed by atoms with van der Waals surface area (Å²) in [5.74, 6) is 2.30. The summed E-state index contributed by atoms with van der Waals surface area (Å²) in [7, 11) is -2.78. The Morgan fingerprint density at radius 1 is 1.43 bits per heavy atom. The summed E-state index contributed by atoms with van der Waals surface area (Å²) < 4.78 is 21.5. The molecule has 0 spiro atoms. The van der Waals surface area contributed by atoms with Crippen molar-refractivity contribution < 1.29 is 8.42 Å². The van der Waals surface area contributed by atoms with Crippen LogP contribution in [-0.4, -0.2) is 45.0 Å². The molecule has 0 aliphatic heterocycles. The monoisotopic (exact) mass is 237 g/mol. The summed E-state index contributed by atoms with van der Waals surface area (Å²) in [6, 6.07) is 0. The molecule has 0 aliphatic carbocycles. The van der Waals surface area contributed by atoms with Crippen molar-refractivity contribution in [1.82, 2.24) is 5.32 Å². The molecule has 0 amide bonds. The topological polar surface area (TPSA) is 46.2 Å². The Labute approximate surface area is 91.3 Å². The summed E-state index contributed by atoms with van der Waals surface area (Å²) in [6.45, 7) is 5.34. The molecule has 0 atom stereocenters. The van der Waals surface area contributed by atoms with Gasteiger partial charge in [-0.3, -0.25) is 0 Å². The summed E-state index contributed by atoms with van der Waals surface area (Å²) in [4.78, 5) is 0. The van der Waals surface area contributed by atoms with E-state index in [-0.39, 0.29) is 5.75 Å². The van der Waals surface area contributed by atoms with E-state index in [9.17, 15) is 8.42 Å². The molecule has 0 aliphatic rings. The third-order valence-corrected chi connectivity index (χ3v) is 3.52. The first kappa shape index (κ1) is 14.0.